The van der Waals surface area contributed by atoms with Gasteiger partial charge in [-0.25, -0.2) is 0 Å². The zero-order valence-electron chi connectivity index (χ0n) is 13.4. The Kier molecular flexibility index (Phi) is 5.23. The quantitative estimate of drug-likeness (QED) is 0.914. The number of carbonyl (C=O) groups is 1. The Labute approximate surface area is 142 Å². The Hall–Kier alpha value is -1.94. The average Bonchev–Trinajstić information content (AvgIpc) is 2.55. The maximum Gasteiger partial charge on any atom is 0.239 e. The van der Waals surface area contributed by atoms with Crippen molar-refractivity contribution in [3.8, 4) is 0 Å². The monoisotopic (exact) mass is 326 g/mol. The number of anilines is 1. The van der Waals surface area contributed by atoms with E-state index in [1.807, 2.05) is 36.0 Å². The number of fused-ring (bicyclic) bond motifs is 1. The van der Waals surface area contributed by atoms with Gasteiger partial charge < -0.3 is 10.2 Å². The van der Waals surface area contributed by atoms with E-state index in [0.717, 1.165) is 13.0 Å². The third-order valence-corrected chi connectivity index (χ3v) is 5.08. The van der Waals surface area contributed by atoms with Gasteiger partial charge in [0.2, 0.25) is 5.91 Å². The average molecular weight is 326 g/mol. The van der Waals surface area contributed by atoms with E-state index in [0.29, 0.717) is 18.3 Å². The van der Waals surface area contributed by atoms with Crippen molar-refractivity contribution in [3.63, 3.8) is 0 Å². The van der Waals surface area contributed by atoms with Crippen LogP contribution < -0.4 is 10.2 Å². The molecule has 0 bridgehead atoms. The van der Waals surface area contributed by atoms with Crippen molar-refractivity contribution in [3.05, 3.63) is 60.2 Å². The molecular weight excluding hydrogens is 304 g/mol. The summed E-state index contributed by atoms with van der Waals surface area (Å²) in [5, 5.41) is 3.54. The normalized spacial score (nSPS) is 16.7. The summed E-state index contributed by atoms with van der Waals surface area (Å²) in [4.78, 5) is 15.7. The fraction of sp³-hybridized carbons (Fsp3) is 0.316. The first-order valence-electron chi connectivity index (χ1n) is 8.03. The number of para-hydroxylation sites is 1. The molecule has 0 spiro atoms. The van der Waals surface area contributed by atoms with Crippen molar-refractivity contribution in [2.45, 2.75) is 23.5 Å². The van der Waals surface area contributed by atoms with E-state index in [2.05, 4.69) is 47.5 Å². The third kappa shape index (κ3) is 4.29. The van der Waals surface area contributed by atoms with Gasteiger partial charge in [-0.1, -0.05) is 49.4 Å². The number of hydrogen-bond donors (Lipinski definition) is 1. The van der Waals surface area contributed by atoms with Crippen LogP contribution in [0.3, 0.4) is 0 Å². The number of rotatable bonds is 5. The fourth-order valence-corrected chi connectivity index (χ4v) is 4.01. The van der Waals surface area contributed by atoms with Crippen LogP contribution in [-0.2, 0) is 11.2 Å². The highest BCUT2D eigenvalue weighted by atomic mass is 32.2. The SMILES string of the molecule is CC1CN(CC(=O)NCCc2ccccc2)c2ccccc2S1. The Morgan fingerprint density at radius 3 is 2.74 bits per heavy atom. The largest absolute Gasteiger partial charge is 0.360 e. The summed E-state index contributed by atoms with van der Waals surface area (Å²) in [6.07, 6.45) is 0.870. The van der Waals surface area contributed by atoms with Crippen molar-refractivity contribution in [1.29, 1.82) is 0 Å². The second-order valence-corrected chi connectivity index (χ2v) is 7.34. The van der Waals surface area contributed by atoms with Crippen LogP contribution >= 0.6 is 11.8 Å². The van der Waals surface area contributed by atoms with Gasteiger partial charge in [-0.05, 0) is 24.1 Å². The van der Waals surface area contributed by atoms with E-state index in [-0.39, 0.29) is 5.91 Å². The molecule has 0 radical (unpaired) electrons. The zero-order chi connectivity index (χ0) is 16.1. The number of thioether (sulfide) groups is 1. The first kappa shape index (κ1) is 15.9. The summed E-state index contributed by atoms with van der Waals surface area (Å²) >= 11 is 1.88. The fourth-order valence-electron chi connectivity index (χ4n) is 2.85. The maximum absolute atomic E-state index is 12.3. The lowest BCUT2D eigenvalue weighted by Crippen LogP contribution is -2.42. The van der Waals surface area contributed by atoms with Gasteiger partial charge in [0.15, 0.2) is 0 Å². The van der Waals surface area contributed by atoms with E-state index in [4.69, 9.17) is 0 Å². The summed E-state index contributed by atoms with van der Waals surface area (Å²) in [5.41, 5.74) is 2.43. The topological polar surface area (TPSA) is 32.3 Å². The van der Waals surface area contributed by atoms with Gasteiger partial charge in [0.05, 0.1) is 12.2 Å². The molecule has 0 aromatic heterocycles. The molecule has 1 aliphatic heterocycles. The minimum atomic E-state index is 0.0924. The van der Waals surface area contributed by atoms with Gasteiger partial charge >= 0.3 is 0 Å². The summed E-state index contributed by atoms with van der Waals surface area (Å²) in [7, 11) is 0. The molecule has 0 aliphatic carbocycles. The summed E-state index contributed by atoms with van der Waals surface area (Å²) in [6, 6.07) is 18.6. The van der Waals surface area contributed by atoms with Crippen LogP contribution in [0, 0.1) is 0 Å². The van der Waals surface area contributed by atoms with Crippen molar-refractivity contribution >= 4 is 23.4 Å². The molecule has 4 heteroatoms. The van der Waals surface area contributed by atoms with E-state index < -0.39 is 0 Å². The predicted molar refractivity (Wildman–Crippen MR) is 97.1 cm³/mol. The van der Waals surface area contributed by atoms with Crippen molar-refractivity contribution in [2.24, 2.45) is 0 Å². The van der Waals surface area contributed by atoms with Crippen LogP contribution in [0.2, 0.25) is 0 Å². The first-order chi connectivity index (χ1) is 11.2. The molecule has 1 N–H and O–H groups in total. The second-order valence-electron chi connectivity index (χ2n) is 5.86. The molecular formula is C19H22N2OS. The number of carbonyl (C=O) groups excluding carboxylic acids is 1. The number of benzene rings is 2. The van der Waals surface area contributed by atoms with Crippen LogP contribution in [0.5, 0.6) is 0 Å². The lowest BCUT2D eigenvalue weighted by molar-refractivity contribution is -0.119. The lowest BCUT2D eigenvalue weighted by atomic mass is 10.1. The van der Waals surface area contributed by atoms with Crippen molar-refractivity contribution < 1.29 is 4.79 Å². The molecule has 0 saturated heterocycles. The zero-order valence-corrected chi connectivity index (χ0v) is 14.2. The molecule has 1 amide bonds. The van der Waals surface area contributed by atoms with E-state index in [1.54, 1.807) is 0 Å². The molecule has 0 saturated carbocycles. The van der Waals surface area contributed by atoms with Gasteiger partial charge in [0.1, 0.15) is 0 Å². The highest BCUT2D eigenvalue weighted by Crippen LogP contribution is 2.37. The summed E-state index contributed by atoms with van der Waals surface area (Å²) < 4.78 is 0. The predicted octanol–water partition coefficient (Wildman–Crippen LogP) is 3.35. The lowest BCUT2D eigenvalue weighted by Gasteiger charge is -2.33. The van der Waals surface area contributed by atoms with Crippen LogP contribution in [0.4, 0.5) is 5.69 Å². The maximum atomic E-state index is 12.3. The first-order valence-corrected chi connectivity index (χ1v) is 8.91. The molecule has 23 heavy (non-hydrogen) atoms. The molecule has 3 rings (SSSR count). The van der Waals surface area contributed by atoms with Crippen molar-refractivity contribution in [1.82, 2.24) is 5.32 Å². The van der Waals surface area contributed by atoms with E-state index in [1.165, 1.54) is 16.1 Å². The van der Waals surface area contributed by atoms with Crippen molar-refractivity contribution in [2.75, 3.05) is 24.5 Å². The Bertz CT molecular complexity index is 659. The Morgan fingerprint density at radius 2 is 1.91 bits per heavy atom. The molecule has 0 fully saturated rings. The Balaban J connectivity index is 1.54. The van der Waals surface area contributed by atoms with Crippen LogP contribution in [0.1, 0.15) is 12.5 Å². The molecule has 2 aromatic rings. The number of hydrogen-bond acceptors (Lipinski definition) is 3. The van der Waals surface area contributed by atoms with Crippen LogP contribution in [0.25, 0.3) is 0 Å². The summed E-state index contributed by atoms with van der Waals surface area (Å²) in [5.74, 6) is 0.0924. The van der Waals surface area contributed by atoms with Gasteiger partial charge in [-0.15, -0.1) is 11.8 Å². The number of nitrogens with zero attached hydrogens (tertiary/aromatic N) is 1. The van der Waals surface area contributed by atoms with Crippen LogP contribution in [-0.4, -0.2) is 30.8 Å². The van der Waals surface area contributed by atoms with E-state index in [9.17, 15) is 4.79 Å². The highest BCUT2D eigenvalue weighted by Gasteiger charge is 2.23. The smallest absolute Gasteiger partial charge is 0.239 e. The molecule has 3 nitrogen and oxygen atoms in total. The van der Waals surface area contributed by atoms with E-state index >= 15 is 0 Å². The third-order valence-electron chi connectivity index (χ3n) is 3.92. The van der Waals surface area contributed by atoms with Gasteiger partial charge in [-0.2, -0.15) is 0 Å². The highest BCUT2D eigenvalue weighted by molar-refractivity contribution is 8.00. The van der Waals surface area contributed by atoms with Gasteiger partial charge in [0, 0.05) is 23.2 Å². The van der Waals surface area contributed by atoms with Gasteiger partial charge in [0.25, 0.3) is 0 Å². The van der Waals surface area contributed by atoms with Crippen LogP contribution in [0.15, 0.2) is 59.5 Å². The minimum Gasteiger partial charge on any atom is -0.360 e. The molecule has 2 aromatic carbocycles. The standard InChI is InChI=1S/C19H22N2OS/c1-15-13-21(17-9-5-6-10-18(17)23-15)14-19(22)20-12-11-16-7-3-2-4-8-16/h2-10,15H,11-14H2,1H3,(H,20,22). The minimum absolute atomic E-state index is 0.0924. The molecule has 1 aliphatic rings. The van der Waals surface area contributed by atoms with Gasteiger partial charge in [-0.3, -0.25) is 4.79 Å². The second kappa shape index (κ2) is 7.55. The Morgan fingerprint density at radius 1 is 1.17 bits per heavy atom. The number of amides is 1. The molecule has 1 unspecified atom stereocenters. The molecule has 1 heterocycles. The molecule has 120 valence electrons. The summed E-state index contributed by atoms with van der Waals surface area (Å²) in [6.45, 7) is 4.23. The number of nitrogens with one attached hydrogen (secondary N) is 1. The molecule has 1 atom stereocenters.